The van der Waals surface area contributed by atoms with Crippen LogP contribution in [-0.4, -0.2) is 33.7 Å². The second-order valence-corrected chi connectivity index (χ2v) is 8.02. The second-order valence-electron chi connectivity index (χ2n) is 7.58. The van der Waals surface area contributed by atoms with Gasteiger partial charge in [0.05, 0.1) is 10.9 Å². The van der Waals surface area contributed by atoms with E-state index >= 15 is 0 Å². The first kappa shape index (κ1) is 19.6. The van der Waals surface area contributed by atoms with Crippen molar-refractivity contribution in [1.29, 1.82) is 0 Å². The van der Waals surface area contributed by atoms with E-state index in [1.54, 1.807) is 27.8 Å². The van der Waals surface area contributed by atoms with Gasteiger partial charge in [-0.25, -0.2) is 0 Å². The van der Waals surface area contributed by atoms with Crippen molar-refractivity contribution >= 4 is 28.4 Å². The molecule has 0 saturated carbocycles. The summed E-state index contributed by atoms with van der Waals surface area (Å²) in [6, 6.07) is 15.6. The van der Waals surface area contributed by atoms with Gasteiger partial charge >= 0.3 is 0 Å². The van der Waals surface area contributed by atoms with Gasteiger partial charge in [-0.3, -0.25) is 14.3 Å². The molecule has 5 nitrogen and oxygen atoms in total. The smallest absolute Gasteiger partial charge is 0.278 e. The molecule has 0 radical (unpaired) electrons. The lowest BCUT2D eigenvalue weighted by molar-refractivity contribution is 0.0681. The van der Waals surface area contributed by atoms with Crippen molar-refractivity contribution in [1.82, 2.24) is 14.7 Å². The van der Waals surface area contributed by atoms with Crippen molar-refractivity contribution in [2.24, 2.45) is 5.92 Å². The molecule has 6 heteroatoms. The molecule has 150 valence electrons. The monoisotopic (exact) mass is 409 g/mol. The van der Waals surface area contributed by atoms with E-state index in [-0.39, 0.29) is 17.0 Å². The number of hydrogen-bond acceptors (Lipinski definition) is 3. The summed E-state index contributed by atoms with van der Waals surface area (Å²) in [5, 5.41) is 5.30. The average Bonchev–Trinajstić information content (AvgIpc) is 2.75. The summed E-state index contributed by atoms with van der Waals surface area (Å²) in [5.74, 6) is 0.273. The summed E-state index contributed by atoms with van der Waals surface area (Å²) in [6.45, 7) is 3.81. The van der Waals surface area contributed by atoms with E-state index in [2.05, 4.69) is 29.4 Å². The lowest BCUT2D eigenvalue weighted by Crippen LogP contribution is -2.41. The molecule has 0 N–H and O–H groups in total. The van der Waals surface area contributed by atoms with Crippen molar-refractivity contribution in [3.05, 3.63) is 75.0 Å². The van der Waals surface area contributed by atoms with Crippen molar-refractivity contribution in [3.63, 3.8) is 0 Å². The lowest BCUT2D eigenvalue weighted by atomic mass is 9.90. The van der Waals surface area contributed by atoms with Crippen LogP contribution in [-0.2, 0) is 13.0 Å². The number of benzene rings is 2. The molecule has 29 heavy (non-hydrogen) atoms. The molecule has 0 bridgehead atoms. The number of carbonyl (C=O) groups excluding carboxylic acids is 1. The van der Waals surface area contributed by atoms with Gasteiger partial charge in [0.1, 0.15) is 0 Å². The summed E-state index contributed by atoms with van der Waals surface area (Å²) in [5.41, 5.74) is 1.67. The number of piperidine rings is 1. The average molecular weight is 410 g/mol. The van der Waals surface area contributed by atoms with E-state index in [4.69, 9.17) is 11.6 Å². The lowest BCUT2D eigenvalue weighted by Gasteiger charge is -2.32. The Morgan fingerprint density at radius 1 is 1.14 bits per heavy atom. The first-order valence-electron chi connectivity index (χ1n) is 10.1. The van der Waals surface area contributed by atoms with Gasteiger partial charge in [0.2, 0.25) is 5.43 Å². The zero-order valence-electron chi connectivity index (χ0n) is 16.5. The van der Waals surface area contributed by atoms with Gasteiger partial charge < -0.3 is 4.90 Å². The van der Waals surface area contributed by atoms with Gasteiger partial charge in [0.25, 0.3) is 5.91 Å². The van der Waals surface area contributed by atoms with Crippen LogP contribution in [0.15, 0.2) is 53.3 Å². The summed E-state index contributed by atoms with van der Waals surface area (Å²) >= 11 is 6.09. The largest absolute Gasteiger partial charge is 0.337 e. The van der Waals surface area contributed by atoms with E-state index in [1.165, 1.54) is 5.56 Å². The third-order valence-corrected chi connectivity index (χ3v) is 5.92. The van der Waals surface area contributed by atoms with Gasteiger partial charge in [-0.05, 0) is 55.9 Å². The van der Waals surface area contributed by atoms with Crippen molar-refractivity contribution in [2.45, 2.75) is 32.7 Å². The summed E-state index contributed by atoms with van der Waals surface area (Å²) in [6.07, 6.45) is 2.89. The van der Waals surface area contributed by atoms with E-state index in [1.807, 2.05) is 13.0 Å². The van der Waals surface area contributed by atoms with E-state index in [0.29, 0.717) is 41.5 Å². The SMILES string of the molecule is CCn1nc(C(=O)N2CCC(Cc3ccccc3)CC2)c(=O)c2cc(Cl)ccc21. The Hall–Kier alpha value is -2.66. The number of amides is 1. The minimum Gasteiger partial charge on any atom is -0.337 e. The number of hydrogen-bond donors (Lipinski definition) is 0. The first-order valence-corrected chi connectivity index (χ1v) is 10.5. The molecule has 1 saturated heterocycles. The molecule has 0 atom stereocenters. The highest BCUT2D eigenvalue weighted by Gasteiger charge is 2.27. The van der Waals surface area contributed by atoms with Crippen LogP contribution in [0.25, 0.3) is 10.9 Å². The van der Waals surface area contributed by atoms with Crippen LogP contribution in [0, 0.1) is 5.92 Å². The fraction of sp³-hybridized carbons (Fsp3) is 0.348. The van der Waals surface area contributed by atoms with Crippen LogP contribution >= 0.6 is 11.6 Å². The maximum Gasteiger partial charge on any atom is 0.278 e. The molecule has 0 aliphatic carbocycles. The molecule has 1 aromatic heterocycles. The maximum atomic E-state index is 13.1. The van der Waals surface area contributed by atoms with Crippen molar-refractivity contribution < 1.29 is 4.79 Å². The fourth-order valence-electron chi connectivity index (χ4n) is 4.08. The minimum atomic E-state index is -0.344. The number of nitrogens with zero attached hydrogens (tertiary/aromatic N) is 3. The number of likely N-dealkylation sites (tertiary alicyclic amines) is 1. The predicted octanol–water partition coefficient (Wildman–Crippen LogP) is 4.16. The van der Waals surface area contributed by atoms with Crippen LogP contribution in [0.5, 0.6) is 0 Å². The fourth-order valence-corrected chi connectivity index (χ4v) is 4.25. The number of fused-ring (bicyclic) bond motifs is 1. The normalized spacial score (nSPS) is 15.0. The van der Waals surface area contributed by atoms with Crippen LogP contribution in [0.1, 0.15) is 35.8 Å². The molecule has 1 fully saturated rings. The number of carbonyl (C=O) groups is 1. The van der Waals surface area contributed by atoms with Gasteiger partial charge in [-0.15, -0.1) is 0 Å². The molecule has 2 aromatic carbocycles. The first-order chi connectivity index (χ1) is 14.1. The Balaban J connectivity index is 1.54. The van der Waals surface area contributed by atoms with Crippen LogP contribution in [0.2, 0.25) is 5.02 Å². The molecule has 1 aliphatic rings. The maximum absolute atomic E-state index is 13.1. The minimum absolute atomic E-state index is 0.0110. The van der Waals surface area contributed by atoms with Gasteiger partial charge in [0, 0.05) is 24.7 Å². The number of halogens is 1. The summed E-state index contributed by atoms with van der Waals surface area (Å²) < 4.78 is 1.70. The second kappa shape index (κ2) is 8.37. The van der Waals surface area contributed by atoms with Gasteiger partial charge in [0.15, 0.2) is 5.69 Å². The van der Waals surface area contributed by atoms with Crippen LogP contribution in [0.3, 0.4) is 0 Å². The quantitative estimate of drug-likeness (QED) is 0.650. The molecule has 0 unspecified atom stereocenters. The standard InChI is InChI=1S/C23H24ClN3O2/c1-2-27-20-9-8-18(24)15-19(20)22(28)21(25-27)23(29)26-12-10-17(11-13-26)14-16-6-4-3-5-7-16/h3-9,15,17H,2,10-14H2,1H3. The Kier molecular flexibility index (Phi) is 5.67. The Morgan fingerprint density at radius 3 is 2.55 bits per heavy atom. The Labute approximate surface area is 174 Å². The zero-order valence-corrected chi connectivity index (χ0v) is 17.2. The van der Waals surface area contributed by atoms with Crippen LogP contribution in [0.4, 0.5) is 0 Å². The molecular weight excluding hydrogens is 386 g/mol. The number of aryl methyl sites for hydroxylation is 1. The summed E-state index contributed by atoms with van der Waals surface area (Å²) in [4.78, 5) is 27.8. The van der Waals surface area contributed by atoms with E-state index in [9.17, 15) is 9.59 Å². The molecular formula is C23H24ClN3O2. The third kappa shape index (κ3) is 4.06. The molecule has 1 aliphatic heterocycles. The highest BCUT2D eigenvalue weighted by Crippen LogP contribution is 2.23. The van der Waals surface area contributed by atoms with Gasteiger partial charge in [-0.1, -0.05) is 41.9 Å². The van der Waals surface area contributed by atoms with E-state index < -0.39 is 0 Å². The zero-order chi connectivity index (χ0) is 20.4. The highest BCUT2D eigenvalue weighted by atomic mass is 35.5. The molecule has 4 rings (SSSR count). The molecule has 0 spiro atoms. The highest BCUT2D eigenvalue weighted by molar-refractivity contribution is 6.31. The predicted molar refractivity (Wildman–Crippen MR) is 115 cm³/mol. The molecule has 1 amide bonds. The summed E-state index contributed by atoms with van der Waals surface area (Å²) in [7, 11) is 0. The molecule has 3 aromatic rings. The number of aromatic nitrogens is 2. The van der Waals surface area contributed by atoms with E-state index in [0.717, 1.165) is 19.3 Å². The Morgan fingerprint density at radius 2 is 1.86 bits per heavy atom. The van der Waals surface area contributed by atoms with Gasteiger partial charge in [-0.2, -0.15) is 5.10 Å². The van der Waals surface area contributed by atoms with Crippen molar-refractivity contribution in [3.8, 4) is 0 Å². The topological polar surface area (TPSA) is 55.2 Å². The molecule has 2 heterocycles. The number of rotatable bonds is 4. The third-order valence-electron chi connectivity index (χ3n) is 5.69. The van der Waals surface area contributed by atoms with Crippen LogP contribution < -0.4 is 5.43 Å². The Bertz CT molecular complexity index is 1090. The van der Waals surface area contributed by atoms with Crippen molar-refractivity contribution in [2.75, 3.05) is 13.1 Å².